The van der Waals surface area contributed by atoms with Gasteiger partial charge in [-0.15, -0.1) is 0 Å². The van der Waals surface area contributed by atoms with Gasteiger partial charge in [-0.1, -0.05) is 11.6 Å². The van der Waals surface area contributed by atoms with Gasteiger partial charge in [-0.05, 0) is 74.0 Å². The molecule has 0 saturated carbocycles. The van der Waals surface area contributed by atoms with Crippen molar-refractivity contribution in [3.8, 4) is 5.75 Å². The highest BCUT2D eigenvalue weighted by Gasteiger charge is 2.16. The summed E-state index contributed by atoms with van der Waals surface area (Å²) in [5.41, 5.74) is 7.76. The predicted molar refractivity (Wildman–Crippen MR) is 151 cm³/mol. The van der Waals surface area contributed by atoms with Gasteiger partial charge in [0.05, 0.1) is 16.3 Å². The van der Waals surface area contributed by atoms with E-state index in [-0.39, 0.29) is 18.1 Å². The molecule has 0 bridgehead atoms. The number of ether oxygens (including phenoxy) is 1. The van der Waals surface area contributed by atoms with Gasteiger partial charge >= 0.3 is 0 Å². The molecule has 1 aromatic heterocycles. The van der Waals surface area contributed by atoms with E-state index in [4.69, 9.17) is 27.5 Å². The molecule has 3 rings (SSSR count). The molecule has 0 radical (unpaired) electrons. The van der Waals surface area contributed by atoms with Crippen LogP contribution in [0.4, 0.5) is 17.2 Å². The molecule has 0 spiro atoms. The van der Waals surface area contributed by atoms with Crippen LogP contribution in [-0.2, 0) is 4.79 Å². The molecule has 38 heavy (non-hydrogen) atoms. The molecular weight excluding hydrogens is 506 g/mol. The van der Waals surface area contributed by atoms with Crippen molar-refractivity contribution < 1.29 is 14.3 Å². The van der Waals surface area contributed by atoms with Gasteiger partial charge in [0, 0.05) is 38.1 Å². The molecule has 2 aromatic carbocycles. The summed E-state index contributed by atoms with van der Waals surface area (Å²) >= 11 is 5.90. The monoisotopic (exact) mass is 537 g/mol. The molecule has 200 valence electrons. The minimum Gasteiger partial charge on any atom is -0.484 e. The lowest BCUT2D eigenvalue weighted by Crippen LogP contribution is -2.30. The van der Waals surface area contributed by atoms with Crippen molar-refractivity contribution in [2.75, 3.05) is 44.4 Å². The normalized spacial score (nSPS) is 10.4. The summed E-state index contributed by atoms with van der Waals surface area (Å²) in [5.74, 6) is 0.391. The van der Waals surface area contributed by atoms with Crippen LogP contribution in [0, 0.1) is 5.41 Å². The number of aromatic nitrogens is 1. The van der Waals surface area contributed by atoms with Crippen LogP contribution < -0.4 is 26.4 Å². The molecule has 0 fully saturated rings. The summed E-state index contributed by atoms with van der Waals surface area (Å²) in [5, 5.41) is 17.4. The van der Waals surface area contributed by atoms with E-state index in [1.807, 2.05) is 38.4 Å². The number of nitrogens with one attached hydrogen (secondary N) is 4. The van der Waals surface area contributed by atoms with Crippen LogP contribution in [0.15, 0.2) is 60.8 Å². The third-order valence-corrected chi connectivity index (χ3v) is 5.64. The molecule has 0 atom stereocenters. The molecule has 0 aliphatic heterocycles. The topological polar surface area (TPSA) is 145 Å². The number of carbonyl (C=O) groups is 2. The second-order valence-electron chi connectivity index (χ2n) is 8.60. The predicted octanol–water partition coefficient (Wildman–Crippen LogP) is 3.85. The Morgan fingerprint density at radius 3 is 2.50 bits per heavy atom. The molecule has 0 aliphatic rings. The SMILES string of the molecule is CN(C)C(=N)c1ccc(Nc2ccc(OCC(=O)NCCCCN)cc2C(=O)Nc2ccc(Cl)cn2)cc1. The van der Waals surface area contributed by atoms with Crippen LogP contribution in [0.1, 0.15) is 28.8 Å². The third kappa shape index (κ3) is 8.46. The zero-order valence-corrected chi connectivity index (χ0v) is 22.1. The van der Waals surface area contributed by atoms with Crippen molar-refractivity contribution in [2.24, 2.45) is 5.73 Å². The van der Waals surface area contributed by atoms with Crippen LogP contribution in [0.5, 0.6) is 5.75 Å². The molecule has 1 heterocycles. The maximum atomic E-state index is 13.2. The number of rotatable bonds is 12. The number of nitrogens with two attached hydrogens (primary N) is 1. The average molecular weight is 538 g/mol. The number of hydrogen-bond acceptors (Lipinski definition) is 7. The Morgan fingerprint density at radius 2 is 1.84 bits per heavy atom. The molecular formula is C27H32ClN7O3. The van der Waals surface area contributed by atoms with Gasteiger partial charge in [-0.25, -0.2) is 4.98 Å². The van der Waals surface area contributed by atoms with E-state index in [1.165, 1.54) is 6.20 Å². The molecule has 10 nitrogen and oxygen atoms in total. The molecule has 0 saturated heterocycles. The molecule has 0 unspecified atom stereocenters. The summed E-state index contributed by atoms with van der Waals surface area (Å²) in [6.45, 7) is 0.915. The van der Waals surface area contributed by atoms with E-state index in [1.54, 1.807) is 35.2 Å². The zero-order chi connectivity index (χ0) is 27.5. The highest BCUT2D eigenvalue weighted by atomic mass is 35.5. The van der Waals surface area contributed by atoms with Crippen LogP contribution in [0.3, 0.4) is 0 Å². The van der Waals surface area contributed by atoms with Gasteiger partial charge in [0.15, 0.2) is 6.61 Å². The highest BCUT2D eigenvalue weighted by Crippen LogP contribution is 2.27. The average Bonchev–Trinajstić information content (AvgIpc) is 2.91. The Bertz CT molecular complexity index is 1250. The van der Waals surface area contributed by atoms with Gasteiger partial charge < -0.3 is 31.3 Å². The maximum Gasteiger partial charge on any atom is 0.259 e. The number of benzene rings is 2. The number of hydrogen-bond donors (Lipinski definition) is 5. The van der Waals surface area contributed by atoms with Crippen molar-refractivity contribution >= 4 is 46.4 Å². The Morgan fingerprint density at radius 1 is 1.08 bits per heavy atom. The van der Waals surface area contributed by atoms with Crippen LogP contribution >= 0.6 is 11.6 Å². The zero-order valence-electron chi connectivity index (χ0n) is 21.4. The minimum absolute atomic E-state index is 0.186. The first kappa shape index (κ1) is 28.4. The van der Waals surface area contributed by atoms with Crippen molar-refractivity contribution in [1.82, 2.24) is 15.2 Å². The fraction of sp³-hybridized carbons (Fsp3) is 0.259. The maximum absolute atomic E-state index is 13.2. The van der Waals surface area contributed by atoms with E-state index in [0.717, 1.165) is 24.1 Å². The summed E-state index contributed by atoms with van der Waals surface area (Å²) in [4.78, 5) is 31.2. The van der Waals surface area contributed by atoms with Crippen LogP contribution in [0.25, 0.3) is 0 Å². The molecule has 3 aromatic rings. The van der Waals surface area contributed by atoms with Crippen molar-refractivity contribution in [2.45, 2.75) is 12.8 Å². The molecule has 6 N–H and O–H groups in total. The third-order valence-electron chi connectivity index (χ3n) is 5.41. The van der Waals surface area contributed by atoms with Crippen molar-refractivity contribution in [3.05, 3.63) is 76.9 Å². The Labute approximate surface area is 227 Å². The number of halogens is 1. The first-order chi connectivity index (χ1) is 18.3. The lowest BCUT2D eigenvalue weighted by atomic mass is 10.1. The minimum atomic E-state index is -0.426. The summed E-state index contributed by atoms with van der Waals surface area (Å²) in [6, 6.07) is 15.5. The number of nitrogens with zero attached hydrogens (tertiary/aromatic N) is 2. The second-order valence-corrected chi connectivity index (χ2v) is 9.04. The number of amides is 2. The van der Waals surface area contributed by atoms with E-state index in [2.05, 4.69) is 20.9 Å². The summed E-state index contributed by atoms with van der Waals surface area (Å²) in [6.07, 6.45) is 3.06. The van der Waals surface area contributed by atoms with E-state index < -0.39 is 5.91 Å². The van der Waals surface area contributed by atoms with Crippen molar-refractivity contribution in [1.29, 1.82) is 5.41 Å². The molecule has 0 aliphatic carbocycles. The number of carbonyl (C=O) groups excluding carboxylic acids is 2. The number of amidine groups is 1. The van der Waals surface area contributed by atoms with Gasteiger partial charge in [-0.3, -0.25) is 15.0 Å². The molecule has 11 heteroatoms. The first-order valence-electron chi connectivity index (χ1n) is 12.1. The first-order valence-corrected chi connectivity index (χ1v) is 12.4. The number of pyridine rings is 1. The largest absolute Gasteiger partial charge is 0.484 e. The van der Waals surface area contributed by atoms with Gasteiger partial charge in [0.25, 0.3) is 11.8 Å². The van der Waals surface area contributed by atoms with Gasteiger partial charge in [0.2, 0.25) is 0 Å². The summed E-state index contributed by atoms with van der Waals surface area (Å²) in [7, 11) is 3.62. The van der Waals surface area contributed by atoms with E-state index >= 15 is 0 Å². The van der Waals surface area contributed by atoms with Crippen molar-refractivity contribution in [3.63, 3.8) is 0 Å². The highest BCUT2D eigenvalue weighted by molar-refractivity contribution is 6.30. The second kappa shape index (κ2) is 14.0. The Hall–Kier alpha value is -4.15. The van der Waals surface area contributed by atoms with Gasteiger partial charge in [0.1, 0.15) is 17.4 Å². The lowest BCUT2D eigenvalue weighted by Gasteiger charge is -2.16. The Kier molecular flexibility index (Phi) is 10.4. The summed E-state index contributed by atoms with van der Waals surface area (Å²) < 4.78 is 5.65. The quantitative estimate of drug-likeness (QED) is 0.134. The standard InChI is InChI=1S/C27H32ClN7O3/c1-35(2)26(30)18-5-8-20(9-6-18)33-23-11-10-21(38-17-25(36)31-14-4-3-13-29)15-22(23)27(37)34-24-12-7-19(28)16-32-24/h5-12,15-16,30,33H,3-4,13-14,17,29H2,1-2H3,(H,31,36)(H,32,34,37). The smallest absolute Gasteiger partial charge is 0.259 e. The van der Waals surface area contributed by atoms with E-state index in [9.17, 15) is 9.59 Å². The fourth-order valence-corrected chi connectivity index (χ4v) is 3.48. The fourth-order valence-electron chi connectivity index (χ4n) is 3.37. The molecule has 2 amide bonds. The van der Waals surface area contributed by atoms with Gasteiger partial charge in [-0.2, -0.15) is 0 Å². The van der Waals surface area contributed by atoms with Crippen LogP contribution in [0.2, 0.25) is 5.02 Å². The number of unbranched alkanes of at least 4 members (excludes halogenated alkanes) is 1. The lowest BCUT2D eigenvalue weighted by molar-refractivity contribution is -0.123. The van der Waals surface area contributed by atoms with Crippen LogP contribution in [-0.4, -0.2) is 61.3 Å². The van der Waals surface area contributed by atoms with E-state index in [0.29, 0.717) is 41.2 Å². The Balaban J connectivity index is 1.78. The number of anilines is 3.